The highest BCUT2D eigenvalue weighted by Crippen LogP contribution is 2.10. The largest absolute Gasteiger partial charge is 1.00 e. The maximum atomic E-state index is 9.00. The number of quaternary nitrogens is 1. The molecule has 0 aromatic carbocycles. The Bertz CT molecular complexity index is 282. The first-order chi connectivity index (χ1) is 12.8. The summed E-state index contributed by atoms with van der Waals surface area (Å²) in [7, 11) is 0. The van der Waals surface area contributed by atoms with Crippen molar-refractivity contribution in [2.24, 2.45) is 0 Å². The number of hydrogen-bond donors (Lipinski definition) is 3. The summed E-state index contributed by atoms with van der Waals surface area (Å²) >= 11 is 0. The van der Waals surface area contributed by atoms with E-state index < -0.39 is 0 Å². The molecule has 0 atom stereocenters. The Hall–Kier alpha value is -0.0900. The third-order valence-electron chi connectivity index (χ3n) is 5.22. The highest BCUT2D eigenvalue weighted by atomic mass is 35.5. The summed E-state index contributed by atoms with van der Waals surface area (Å²) in [6, 6.07) is 0. The van der Waals surface area contributed by atoms with Crippen molar-refractivity contribution in [3.05, 3.63) is 12.2 Å². The number of rotatable bonds is 21. The summed E-state index contributed by atoms with van der Waals surface area (Å²) < 4.78 is 0. The van der Waals surface area contributed by atoms with Crippen LogP contribution in [0.5, 0.6) is 0 Å². The molecule has 0 spiro atoms. The van der Waals surface area contributed by atoms with Crippen LogP contribution in [-0.4, -0.2) is 43.1 Å². The van der Waals surface area contributed by atoms with Crippen molar-refractivity contribution in [3.8, 4) is 0 Å². The second-order valence-corrected chi connectivity index (χ2v) is 7.74. The highest BCUT2D eigenvalue weighted by Gasteiger charge is 2.05. The smallest absolute Gasteiger partial charge is 0.101 e. The van der Waals surface area contributed by atoms with Gasteiger partial charge in [0.1, 0.15) is 13.1 Å². The molecule has 0 aromatic rings. The fraction of sp³-hybridized carbons (Fsp3) is 0.913. The Balaban J connectivity index is 0. The van der Waals surface area contributed by atoms with Crippen LogP contribution in [0.1, 0.15) is 103 Å². The van der Waals surface area contributed by atoms with E-state index in [0.29, 0.717) is 0 Å². The first-order valence-corrected chi connectivity index (χ1v) is 11.6. The second-order valence-electron chi connectivity index (χ2n) is 7.74. The molecule has 0 aromatic heterocycles. The minimum Gasteiger partial charge on any atom is -1.00 e. The molecule has 4 heteroatoms. The summed E-state index contributed by atoms with van der Waals surface area (Å²) in [6.07, 6.45) is 25.0. The lowest BCUT2D eigenvalue weighted by molar-refractivity contribution is -0.901. The van der Waals surface area contributed by atoms with Crippen molar-refractivity contribution in [1.82, 2.24) is 0 Å². The van der Waals surface area contributed by atoms with Gasteiger partial charge >= 0.3 is 0 Å². The van der Waals surface area contributed by atoms with Gasteiger partial charge in [-0.15, -0.1) is 0 Å². The maximum absolute atomic E-state index is 9.00. The van der Waals surface area contributed by atoms with Gasteiger partial charge in [0.25, 0.3) is 0 Å². The fourth-order valence-corrected chi connectivity index (χ4v) is 3.49. The molecule has 0 aliphatic carbocycles. The van der Waals surface area contributed by atoms with Crippen molar-refractivity contribution in [2.75, 3.05) is 32.8 Å². The van der Waals surface area contributed by atoms with E-state index in [2.05, 4.69) is 19.1 Å². The molecule has 0 unspecified atom stereocenters. The normalized spacial score (nSPS) is 11.4. The number of hydrogen-bond acceptors (Lipinski definition) is 2. The van der Waals surface area contributed by atoms with Gasteiger partial charge in [0.05, 0.1) is 19.8 Å². The number of halogens is 1. The van der Waals surface area contributed by atoms with Crippen molar-refractivity contribution in [2.45, 2.75) is 103 Å². The Morgan fingerprint density at radius 3 is 1.41 bits per heavy atom. The molecule has 0 saturated carbocycles. The molecule has 0 radical (unpaired) electrons. The maximum Gasteiger partial charge on any atom is 0.101 e. The van der Waals surface area contributed by atoms with E-state index >= 15 is 0 Å². The lowest BCUT2D eigenvalue weighted by Crippen LogP contribution is -3.13. The van der Waals surface area contributed by atoms with E-state index in [1.54, 1.807) is 0 Å². The topological polar surface area (TPSA) is 44.9 Å². The Kier molecular flexibility index (Phi) is 27.9. The van der Waals surface area contributed by atoms with Gasteiger partial charge in [-0.2, -0.15) is 0 Å². The van der Waals surface area contributed by atoms with Crippen LogP contribution in [0.3, 0.4) is 0 Å². The quantitative estimate of drug-likeness (QED) is 0.199. The van der Waals surface area contributed by atoms with Crippen molar-refractivity contribution >= 4 is 0 Å². The molecule has 0 heterocycles. The molecule has 0 aliphatic heterocycles. The Morgan fingerprint density at radius 1 is 0.556 bits per heavy atom. The van der Waals surface area contributed by atoms with Crippen LogP contribution in [0, 0.1) is 0 Å². The second kappa shape index (κ2) is 25.9. The first kappa shape index (κ1) is 29.1. The lowest BCUT2D eigenvalue weighted by Gasteiger charge is -2.17. The van der Waals surface area contributed by atoms with Gasteiger partial charge in [-0.05, 0) is 38.5 Å². The van der Waals surface area contributed by atoms with E-state index in [9.17, 15) is 0 Å². The molecule has 0 fully saturated rings. The molecule has 27 heavy (non-hydrogen) atoms. The number of unbranched alkanes of at least 4 members (excludes halogenated alkanes) is 13. The zero-order chi connectivity index (χ0) is 19.1. The molecule has 0 rings (SSSR count). The number of allylic oxidation sites excluding steroid dienone is 2. The summed E-state index contributed by atoms with van der Waals surface area (Å²) in [5, 5.41) is 18.0. The third kappa shape index (κ3) is 23.9. The summed E-state index contributed by atoms with van der Waals surface area (Å²) in [4.78, 5) is 1.33. The Morgan fingerprint density at radius 2 is 0.963 bits per heavy atom. The third-order valence-corrected chi connectivity index (χ3v) is 5.22. The molecule has 3 N–H and O–H groups in total. The van der Waals surface area contributed by atoms with Crippen LogP contribution in [0.15, 0.2) is 12.2 Å². The predicted molar refractivity (Wildman–Crippen MR) is 114 cm³/mol. The van der Waals surface area contributed by atoms with Crippen molar-refractivity contribution < 1.29 is 27.5 Å². The number of nitrogens with one attached hydrogen (secondary N) is 1. The van der Waals surface area contributed by atoms with E-state index in [1.807, 2.05) is 0 Å². The molecule has 0 amide bonds. The number of aliphatic hydroxyl groups excluding tert-OH is 2. The molecular weight excluding hydrogens is 358 g/mol. The zero-order valence-corrected chi connectivity index (χ0v) is 18.8. The monoisotopic (exact) mass is 405 g/mol. The van der Waals surface area contributed by atoms with Gasteiger partial charge in [0, 0.05) is 0 Å². The fourth-order valence-electron chi connectivity index (χ4n) is 3.49. The van der Waals surface area contributed by atoms with Crippen LogP contribution in [0.2, 0.25) is 0 Å². The minimum absolute atomic E-state index is 0. The van der Waals surface area contributed by atoms with Gasteiger partial charge in [0.15, 0.2) is 0 Å². The molecule has 0 saturated heterocycles. The molecule has 164 valence electrons. The standard InChI is InChI=1S/C23H47NO2.ClH/c1-2-3-4-5-6-7-8-9-10-11-12-13-14-15-16-17-18-19-24(20-22-25)21-23-26;/h10-11,25-26H,2-9,12-23H2,1H3;1H/b11-10-;. The first-order valence-electron chi connectivity index (χ1n) is 11.6. The van der Waals surface area contributed by atoms with Crippen LogP contribution < -0.4 is 17.3 Å². The molecule has 0 aliphatic rings. The molecular formula is C23H48ClNO2. The van der Waals surface area contributed by atoms with E-state index in [1.165, 1.54) is 101 Å². The molecule has 0 bridgehead atoms. The Labute approximate surface area is 176 Å². The van der Waals surface area contributed by atoms with E-state index in [4.69, 9.17) is 10.2 Å². The highest BCUT2D eigenvalue weighted by molar-refractivity contribution is 4.81. The molecule has 3 nitrogen and oxygen atoms in total. The number of aliphatic hydroxyl groups is 2. The van der Waals surface area contributed by atoms with Gasteiger partial charge in [-0.25, -0.2) is 0 Å². The van der Waals surface area contributed by atoms with E-state index in [-0.39, 0.29) is 25.6 Å². The van der Waals surface area contributed by atoms with Gasteiger partial charge < -0.3 is 27.5 Å². The minimum atomic E-state index is 0. The van der Waals surface area contributed by atoms with Gasteiger partial charge in [-0.3, -0.25) is 0 Å². The zero-order valence-electron chi connectivity index (χ0n) is 18.1. The van der Waals surface area contributed by atoms with Crippen molar-refractivity contribution in [1.29, 1.82) is 0 Å². The van der Waals surface area contributed by atoms with Crippen LogP contribution in [-0.2, 0) is 0 Å². The predicted octanol–water partition coefficient (Wildman–Crippen LogP) is 1.29. The summed E-state index contributed by atoms with van der Waals surface area (Å²) in [5.41, 5.74) is 0. The lowest BCUT2D eigenvalue weighted by atomic mass is 10.1. The van der Waals surface area contributed by atoms with Gasteiger partial charge in [-0.1, -0.05) is 76.9 Å². The van der Waals surface area contributed by atoms with Gasteiger partial charge in [0.2, 0.25) is 0 Å². The summed E-state index contributed by atoms with van der Waals surface area (Å²) in [6.45, 7) is 5.35. The van der Waals surface area contributed by atoms with E-state index in [0.717, 1.165) is 19.6 Å². The van der Waals surface area contributed by atoms with Crippen LogP contribution in [0.25, 0.3) is 0 Å². The average Bonchev–Trinajstić information content (AvgIpc) is 2.64. The van der Waals surface area contributed by atoms with Crippen LogP contribution in [0.4, 0.5) is 0 Å². The summed E-state index contributed by atoms with van der Waals surface area (Å²) in [5.74, 6) is 0. The van der Waals surface area contributed by atoms with Crippen molar-refractivity contribution in [3.63, 3.8) is 0 Å². The van der Waals surface area contributed by atoms with Crippen LogP contribution >= 0.6 is 0 Å². The SMILES string of the molecule is CCCCCCCCC/C=C\CCCCCCCC[NH+](CCO)CCO.[Cl-]. The average molecular weight is 406 g/mol.